The summed E-state index contributed by atoms with van der Waals surface area (Å²) in [7, 11) is 0. The molecule has 14 heavy (non-hydrogen) atoms. The summed E-state index contributed by atoms with van der Waals surface area (Å²) in [6.07, 6.45) is 0. The summed E-state index contributed by atoms with van der Waals surface area (Å²) in [5.74, 6) is -0.0749. The van der Waals surface area contributed by atoms with Crippen molar-refractivity contribution in [1.82, 2.24) is 0 Å². The van der Waals surface area contributed by atoms with Gasteiger partial charge in [-0.2, -0.15) is 5.26 Å². The molecule has 0 aromatic heterocycles. The fraction of sp³-hybridized carbons (Fsp3) is 0.273. The van der Waals surface area contributed by atoms with Gasteiger partial charge in [-0.05, 0) is 31.0 Å². The number of hydrogen-bond acceptors (Lipinski definition) is 3. The third-order valence-corrected chi connectivity index (χ3v) is 2.17. The number of nitriles is 1. The Balaban J connectivity index is 3.10. The third-order valence-electron chi connectivity index (χ3n) is 2.17. The van der Waals surface area contributed by atoms with Crippen molar-refractivity contribution in [3.05, 3.63) is 34.9 Å². The lowest BCUT2D eigenvalue weighted by Crippen LogP contribution is -2.18. The van der Waals surface area contributed by atoms with Gasteiger partial charge in [-0.15, -0.1) is 0 Å². The minimum atomic E-state index is -0.582. The van der Waals surface area contributed by atoms with Crippen LogP contribution in [-0.4, -0.2) is 5.78 Å². The second-order valence-electron chi connectivity index (χ2n) is 3.27. The zero-order valence-corrected chi connectivity index (χ0v) is 8.24. The van der Waals surface area contributed by atoms with Crippen molar-refractivity contribution >= 4 is 5.78 Å². The molecule has 3 heteroatoms. The maximum atomic E-state index is 11.0. The van der Waals surface area contributed by atoms with Crippen molar-refractivity contribution < 1.29 is 4.79 Å². The highest BCUT2D eigenvalue weighted by molar-refractivity contribution is 5.82. The number of benzene rings is 1. The van der Waals surface area contributed by atoms with E-state index in [2.05, 4.69) is 6.07 Å². The molecule has 1 atom stereocenters. The Morgan fingerprint density at radius 1 is 1.57 bits per heavy atom. The normalized spacial score (nSPS) is 11.9. The van der Waals surface area contributed by atoms with Crippen LogP contribution in [-0.2, 0) is 4.79 Å². The van der Waals surface area contributed by atoms with Crippen LogP contribution in [0.5, 0.6) is 0 Å². The second-order valence-corrected chi connectivity index (χ2v) is 3.27. The van der Waals surface area contributed by atoms with Crippen LogP contribution >= 0.6 is 0 Å². The van der Waals surface area contributed by atoms with E-state index >= 15 is 0 Å². The largest absolute Gasteiger partial charge is 0.318 e. The zero-order valence-electron chi connectivity index (χ0n) is 8.24. The zero-order chi connectivity index (χ0) is 10.7. The minimum absolute atomic E-state index is 0.0749. The Labute approximate surface area is 83.2 Å². The molecule has 0 amide bonds. The van der Waals surface area contributed by atoms with Gasteiger partial charge in [0.1, 0.15) is 0 Å². The van der Waals surface area contributed by atoms with Gasteiger partial charge in [-0.3, -0.25) is 4.79 Å². The topological polar surface area (TPSA) is 66.9 Å². The van der Waals surface area contributed by atoms with Crippen molar-refractivity contribution in [1.29, 1.82) is 5.26 Å². The molecule has 0 fully saturated rings. The van der Waals surface area contributed by atoms with Crippen LogP contribution < -0.4 is 5.73 Å². The molecule has 0 heterocycles. The molecule has 0 aliphatic carbocycles. The van der Waals surface area contributed by atoms with Crippen LogP contribution in [0.25, 0.3) is 0 Å². The van der Waals surface area contributed by atoms with E-state index in [0.29, 0.717) is 5.56 Å². The predicted molar refractivity (Wildman–Crippen MR) is 53.5 cm³/mol. The Morgan fingerprint density at radius 2 is 2.21 bits per heavy atom. The van der Waals surface area contributed by atoms with E-state index in [0.717, 1.165) is 11.1 Å². The first-order valence-electron chi connectivity index (χ1n) is 4.33. The summed E-state index contributed by atoms with van der Waals surface area (Å²) in [4.78, 5) is 11.0. The molecular weight excluding hydrogens is 176 g/mol. The SMILES string of the molecule is CC(=O)C(N)c1ccc(C#N)c(C)c1. The van der Waals surface area contributed by atoms with Gasteiger partial charge < -0.3 is 5.73 Å². The monoisotopic (exact) mass is 188 g/mol. The lowest BCUT2D eigenvalue weighted by molar-refractivity contribution is -0.118. The number of Topliss-reactive ketones (excluding diaryl/α,β-unsaturated/α-hetero) is 1. The number of hydrogen-bond donors (Lipinski definition) is 1. The maximum Gasteiger partial charge on any atom is 0.150 e. The molecule has 0 aliphatic heterocycles. The molecule has 1 aromatic rings. The molecular formula is C11H12N2O. The van der Waals surface area contributed by atoms with Crippen molar-refractivity contribution in [2.45, 2.75) is 19.9 Å². The first-order valence-corrected chi connectivity index (χ1v) is 4.33. The molecule has 0 bridgehead atoms. The van der Waals surface area contributed by atoms with E-state index in [9.17, 15) is 4.79 Å². The van der Waals surface area contributed by atoms with E-state index in [1.54, 1.807) is 18.2 Å². The van der Waals surface area contributed by atoms with Gasteiger partial charge in [0, 0.05) is 0 Å². The van der Waals surface area contributed by atoms with Gasteiger partial charge in [0.25, 0.3) is 0 Å². The number of aryl methyl sites for hydroxylation is 1. The van der Waals surface area contributed by atoms with Gasteiger partial charge >= 0.3 is 0 Å². The fourth-order valence-corrected chi connectivity index (χ4v) is 1.24. The highest BCUT2D eigenvalue weighted by Gasteiger charge is 2.11. The van der Waals surface area contributed by atoms with Gasteiger partial charge in [0.2, 0.25) is 0 Å². The summed E-state index contributed by atoms with van der Waals surface area (Å²) in [5, 5.41) is 8.71. The molecule has 0 radical (unpaired) electrons. The van der Waals surface area contributed by atoms with Gasteiger partial charge in [-0.1, -0.05) is 12.1 Å². The van der Waals surface area contributed by atoms with Crippen LogP contribution in [0, 0.1) is 18.3 Å². The summed E-state index contributed by atoms with van der Waals surface area (Å²) in [6.45, 7) is 3.28. The van der Waals surface area contributed by atoms with E-state index in [1.807, 2.05) is 6.92 Å². The molecule has 72 valence electrons. The van der Waals surface area contributed by atoms with Crippen LogP contribution in [0.1, 0.15) is 29.7 Å². The van der Waals surface area contributed by atoms with Crippen LogP contribution in [0.3, 0.4) is 0 Å². The van der Waals surface area contributed by atoms with Crippen molar-refractivity contribution in [2.75, 3.05) is 0 Å². The third kappa shape index (κ3) is 1.98. The Hall–Kier alpha value is -1.66. The van der Waals surface area contributed by atoms with Gasteiger partial charge in [-0.25, -0.2) is 0 Å². The van der Waals surface area contributed by atoms with Gasteiger partial charge in [0.05, 0.1) is 17.7 Å². The average Bonchev–Trinajstić information content (AvgIpc) is 2.16. The van der Waals surface area contributed by atoms with Gasteiger partial charge in [0.15, 0.2) is 5.78 Å². The molecule has 1 rings (SSSR count). The van der Waals surface area contributed by atoms with Crippen LogP contribution in [0.15, 0.2) is 18.2 Å². The molecule has 0 spiro atoms. The highest BCUT2D eigenvalue weighted by atomic mass is 16.1. The Morgan fingerprint density at radius 3 is 2.64 bits per heavy atom. The van der Waals surface area contributed by atoms with E-state index < -0.39 is 6.04 Å². The van der Waals surface area contributed by atoms with Crippen LogP contribution in [0.2, 0.25) is 0 Å². The highest BCUT2D eigenvalue weighted by Crippen LogP contribution is 2.15. The molecule has 0 saturated heterocycles. The molecule has 2 N–H and O–H groups in total. The summed E-state index contributed by atoms with van der Waals surface area (Å²) >= 11 is 0. The van der Waals surface area contributed by atoms with Crippen molar-refractivity contribution in [3.63, 3.8) is 0 Å². The molecule has 3 nitrogen and oxygen atoms in total. The summed E-state index contributed by atoms with van der Waals surface area (Å²) in [6, 6.07) is 6.67. The smallest absolute Gasteiger partial charge is 0.150 e. The molecule has 1 aromatic carbocycles. The standard InChI is InChI=1S/C11H12N2O/c1-7-5-9(11(13)8(2)14)3-4-10(7)6-12/h3-5,11H,13H2,1-2H3. The summed E-state index contributed by atoms with van der Waals surface area (Å²) < 4.78 is 0. The lowest BCUT2D eigenvalue weighted by Gasteiger charge is -2.09. The number of carbonyl (C=O) groups is 1. The first kappa shape index (κ1) is 10.4. The fourth-order valence-electron chi connectivity index (χ4n) is 1.24. The molecule has 0 aliphatic rings. The van der Waals surface area contributed by atoms with Crippen LogP contribution in [0.4, 0.5) is 0 Å². The van der Waals surface area contributed by atoms with E-state index in [-0.39, 0.29) is 5.78 Å². The number of nitrogens with zero attached hydrogens (tertiary/aromatic N) is 1. The predicted octanol–water partition coefficient (Wildman–Crippen LogP) is 1.46. The number of ketones is 1. The second kappa shape index (κ2) is 4.03. The number of nitrogens with two attached hydrogens (primary N) is 1. The molecule has 1 unspecified atom stereocenters. The quantitative estimate of drug-likeness (QED) is 0.763. The summed E-state index contributed by atoms with van der Waals surface area (Å²) in [5.41, 5.74) is 7.89. The first-order chi connectivity index (χ1) is 6.56. The number of carbonyl (C=O) groups excluding carboxylic acids is 1. The maximum absolute atomic E-state index is 11.0. The Kier molecular flexibility index (Phi) is 3.00. The van der Waals surface area contributed by atoms with Crippen molar-refractivity contribution in [3.8, 4) is 6.07 Å². The lowest BCUT2D eigenvalue weighted by atomic mass is 9.99. The van der Waals surface area contributed by atoms with Crippen molar-refractivity contribution in [2.24, 2.45) is 5.73 Å². The average molecular weight is 188 g/mol. The Bertz CT molecular complexity index is 404. The number of rotatable bonds is 2. The minimum Gasteiger partial charge on any atom is -0.318 e. The van der Waals surface area contributed by atoms with E-state index in [4.69, 9.17) is 11.0 Å². The molecule has 0 saturated carbocycles. The van der Waals surface area contributed by atoms with E-state index in [1.165, 1.54) is 6.92 Å².